The van der Waals surface area contributed by atoms with Gasteiger partial charge in [0.2, 0.25) is 5.91 Å². The lowest BCUT2D eigenvalue weighted by atomic mass is 9.76. The van der Waals surface area contributed by atoms with Crippen LogP contribution in [0.3, 0.4) is 0 Å². The molecule has 2 aromatic carbocycles. The van der Waals surface area contributed by atoms with Gasteiger partial charge in [0.25, 0.3) is 0 Å². The minimum Gasteiger partial charge on any atom is -0.508 e. The Kier molecular flexibility index (Phi) is 2.45. The zero-order chi connectivity index (χ0) is 16.5. The second-order valence-corrected chi connectivity index (χ2v) is 6.22. The molecule has 1 amide bonds. The van der Waals surface area contributed by atoms with Gasteiger partial charge in [0.1, 0.15) is 36.7 Å². The molecule has 6 nitrogen and oxygen atoms in total. The largest absolute Gasteiger partial charge is 0.508 e. The molecule has 1 atom stereocenters. The molecular formula is C18H15NO5. The molecule has 3 aliphatic rings. The fourth-order valence-electron chi connectivity index (χ4n) is 3.92. The van der Waals surface area contributed by atoms with Gasteiger partial charge in [-0.3, -0.25) is 4.79 Å². The van der Waals surface area contributed by atoms with Gasteiger partial charge in [0.15, 0.2) is 11.5 Å². The van der Waals surface area contributed by atoms with Gasteiger partial charge < -0.3 is 24.2 Å². The van der Waals surface area contributed by atoms with Gasteiger partial charge in [-0.25, -0.2) is 0 Å². The van der Waals surface area contributed by atoms with Crippen molar-refractivity contribution < 1.29 is 24.1 Å². The Morgan fingerprint density at radius 3 is 2.62 bits per heavy atom. The van der Waals surface area contributed by atoms with Gasteiger partial charge in [0, 0.05) is 24.2 Å². The molecule has 0 saturated heterocycles. The van der Waals surface area contributed by atoms with Crippen molar-refractivity contribution in [3.63, 3.8) is 0 Å². The van der Waals surface area contributed by atoms with Crippen molar-refractivity contribution in [1.82, 2.24) is 0 Å². The summed E-state index contributed by atoms with van der Waals surface area (Å²) < 4.78 is 17.1. The number of phenolic OH excluding ortho intramolecular Hbond substituents is 1. The third-order valence-corrected chi connectivity index (χ3v) is 5.03. The van der Waals surface area contributed by atoms with E-state index in [9.17, 15) is 9.90 Å². The van der Waals surface area contributed by atoms with Crippen molar-refractivity contribution in [2.45, 2.75) is 5.41 Å². The van der Waals surface area contributed by atoms with E-state index in [2.05, 4.69) is 0 Å². The standard InChI is InChI=1S/C18H15NO5/c1-19-11-3-2-4-12(20)16(11)18(17(19)21)9-24-13-8-15-14(7-10(13)18)22-5-6-23-15/h2-4,7-8,20H,5-6,9H2,1H3. The first-order valence-corrected chi connectivity index (χ1v) is 7.80. The van der Waals surface area contributed by atoms with E-state index < -0.39 is 5.41 Å². The Bertz CT molecular complexity index is 893. The Balaban J connectivity index is 1.80. The SMILES string of the molecule is CN1C(=O)C2(COc3cc4c(cc32)OCCO4)c2c(O)cccc21. The molecule has 5 rings (SSSR count). The lowest BCUT2D eigenvalue weighted by Crippen LogP contribution is -2.41. The number of likely N-dealkylation sites (N-methyl/N-ethyl adjacent to an activating group) is 1. The summed E-state index contributed by atoms with van der Waals surface area (Å²) in [6.07, 6.45) is 0. The van der Waals surface area contributed by atoms with E-state index in [0.717, 1.165) is 0 Å². The van der Waals surface area contributed by atoms with Crippen molar-refractivity contribution >= 4 is 11.6 Å². The minimum absolute atomic E-state index is 0.0940. The van der Waals surface area contributed by atoms with Crippen molar-refractivity contribution in [2.24, 2.45) is 0 Å². The highest BCUT2D eigenvalue weighted by atomic mass is 16.6. The molecule has 0 fully saturated rings. The molecular weight excluding hydrogens is 310 g/mol. The number of phenols is 1. The van der Waals surface area contributed by atoms with Crippen LogP contribution >= 0.6 is 0 Å². The zero-order valence-electron chi connectivity index (χ0n) is 13.0. The number of anilines is 1. The molecule has 0 saturated carbocycles. The first-order valence-electron chi connectivity index (χ1n) is 7.80. The van der Waals surface area contributed by atoms with Gasteiger partial charge in [-0.15, -0.1) is 0 Å². The predicted octanol–water partition coefficient (Wildman–Crippen LogP) is 1.82. The van der Waals surface area contributed by atoms with E-state index in [1.165, 1.54) is 0 Å². The Morgan fingerprint density at radius 1 is 1.08 bits per heavy atom. The summed E-state index contributed by atoms with van der Waals surface area (Å²) in [5, 5.41) is 10.5. The number of carbonyl (C=O) groups excluding carboxylic acids is 1. The van der Waals surface area contributed by atoms with Crippen molar-refractivity contribution in [1.29, 1.82) is 0 Å². The molecule has 3 aliphatic heterocycles. The molecule has 3 heterocycles. The van der Waals surface area contributed by atoms with Crippen molar-refractivity contribution in [2.75, 3.05) is 31.8 Å². The number of hydrogen-bond acceptors (Lipinski definition) is 5. The maximum Gasteiger partial charge on any atom is 0.245 e. The Hall–Kier alpha value is -2.89. The summed E-state index contributed by atoms with van der Waals surface area (Å²) >= 11 is 0. The number of amides is 1. The molecule has 0 aromatic heterocycles. The summed E-state index contributed by atoms with van der Waals surface area (Å²) in [4.78, 5) is 14.7. The molecule has 1 spiro atoms. The Morgan fingerprint density at radius 2 is 1.83 bits per heavy atom. The fourth-order valence-corrected chi connectivity index (χ4v) is 3.92. The van der Waals surface area contributed by atoms with Crippen LogP contribution in [-0.2, 0) is 10.2 Å². The number of carbonyl (C=O) groups is 1. The van der Waals surface area contributed by atoms with Crippen molar-refractivity contribution in [3.8, 4) is 23.0 Å². The number of hydrogen-bond donors (Lipinski definition) is 1. The highest BCUT2D eigenvalue weighted by Gasteiger charge is 2.58. The molecule has 122 valence electrons. The van der Waals surface area contributed by atoms with Crippen LogP contribution in [0.25, 0.3) is 0 Å². The molecule has 0 aliphatic carbocycles. The number of aromatic hydroxyl groups is 1. The molecule has 0 bridgehead atoms. The van der Waals surface area contributed by atoms with E-state index in [1.807, 2.05) is 12.1 Å². The highest BCUT2D eigenvalue weighted by molar-refractivity contribution is 6.12. The van der Waals surface area contributed by atoms with Gasteiger partial charge >= 0.3 is 0 Å². The predicted molar refractivity (Wildman–Crippen MR) is 85.2 cm³/mol. The maximum atomic E-state index is 13.1. The third-order valence-electron chi connectivity index (χ3n) is 5.03. The van der Waals surface area contributed by atoms with Crippen LogP contribution in [0.15, 0.2) is 30.3 Å². The molecule has 2 aromatic rings. The van der Waals surface area contributed by atoms with Gasteiger partial charge in [-0.1, -0.05) is 6.07 Å². The second kappa shape index (κ2) is 4.35. The molecule has 1 N–H and O–H groups in total. The maximum absolute atomic E-state index is 13.1. The highest BCUT2D eigenvalue weighted by Crippen LogP contribution is 2.56. The lowest BCUT2D eigenvalue weighted by molar-refractivity contribution is -0.121. The number of nitrogens with zero attached hydrogens (tertiary/aromatic N) is 1. The van der Waals surface area contributed by atoms with Crippen LogP contribution in [0.2, 0.25) is 0 Å². The monoisotopic (exact) mass is 325 g/mol. The number of fused-ring (bicyclic) bond motifs is 5. The normalized spacial score (nSPS) is 23.2. The van der Waals surface area contributed by atoms with Gasteiger partial charge in [-0.2, -0.15) is 0 Å². The number of ether oxygens (including phenoxy) is 3. The summed E-state index contributed by atoms with van der Waals surface area (Å²) in [5.74, 6) is 1.79. The van der Waals surface area contributed by atoms with Crippen LogP contribution in [-0.4, -0.2) is 37.9 Å². The lowest BCUT2D eigenvalue weighted by Gasteiger charge is -2.24. The molecule has 24 heavy (non-hydrogen) atoms. The quantitative estimate of drug-likeness (QED) is 0.800. The van der Waals surface area contributed by atoms with Gasteiger partial charge in [-0.05, 0) is 18.2 Å². The van der Waals surface area contributed by atoms with Gasteiger partial charge in [0.05, 0.1) is 5.69 Å². The number of benzene rings is 2. The average Bonchev–Trinajstić information content (AvgIpc) is 3.07. The van der Waals surface area contributed by atoms with Crippen molar-refractivity contribution in [3.05, 3.63) is 41.5 Å². The van der Waals surface area contributed by atoms with E-state index >= 15 is 0 Å². The fraction of sp³-hybridized carbons (Fsp3) is 0.278. The van der Waals surface area contributed by atoms with E-state index in [-0.39, 0.29) is 18.3 Å². The first kappa shape index (κ1) is 13.5. The summed E-state index contributed by atoms with van der Waals surface area (Å²) in [7, 11) is 1.71. The smallest absolute Gasteiger partial charge is 0.245 e. The minimum atomic E-state index is -1.04. The van der Waals surface area contributed by atoms with E-state index in [1.54, 1.807) is 30.1 Å². The first-order chi connectivity index (χ1) is 11.6. The summed E-state index contributed by atoms with van der Waals surface area (Å²) in [6.45, 7) is 1.11. The van der Waals surface area contributed by atoms with Crippen LogP contribution in [0.4, 0.5) is 5.69 Å². The van der Waals surface area contributed by atoms with Crippen LogP contribution in [0.5, 0.6) is 23.0 Å². The summed E-state index contributed by atoms with van der Waals surface area (Å²) in [5.41, 5.74) is 0.962. The van der Waals surface area contributed by atoms with Crippen LogP contribution in [0.1, 0.15) is 11.1 Å². The number of rotatable bonds is 0. The molecule has 1 unspecified atom stereocenters. The zero-order valence-corrected chi connectivity index (χ0v) is 13.0. The Labute approximate surface area is 138 Å². The average molecular weight is 325 g/mol. The van der Waals surface area contributed by atoms with E-state index in [0.29, 0.717) is 47.3 Å². The summed E-state index contributed by atoms with van der Waals surface area (Å²) in [6, 6.07) is 8.74. The third kappa shape index (κ3) is 1.43. The van der Waals surface area contributed by atoms with Crippen LogP contribution in [0, 0.1) is 0 Å². The molecule has 0 radical (unpaired) electrons. The second-order valence-electron chi connectivity index (χ2n) is 6.22. The topological polar surface area (TPSA) is 68.2 Å². The van der Waals surface area contributed by atoms with Crippen LogP contribution < -0.4 is 19.1 Å². The molecule has 6 heteroatoms. The van der Waals surface area contributed by atoms with E-state index in [4.69, 9.17) is 14.2 Å².